The van der Waals surface area contributed by atoms with Gasteiger partial charge in [-0.25, -0.2) is 0 Å². The minimum Gasteiger partial charge on any atom is -0.379 e. The number of hydrogen-bond donors (Lipinski definition) is 0. The van der Waals surface area contributed by atoms with Crippen molar-refractivity contribution in [2.45, 2.75) is 19.3 Å². The average Bonchev–Trinajstić information content (AvgIpc) is 2.00. The lowest BCUT2D eigenvalue weighted by Gasteiger charge is -1.93. The highest BCUT2D eigenvalue weighted by Gasteiger charge is 1.92. The first kappa shape index (κ1) is 6.94. The van der Waals surface area contributed by atoms with Gasteiger partial charge in [0.05, 0.1) is 0 Å². The molecule has 1 rings (SSSR count). The van der Waals surface area contributed by atoms with E-state index in [1.807, 2.05) is 0 Å². The molecular formula is C5H11N2OP. The quantitative estimate of drug-likeness (QED) is 0.482. The van der Waals surface area contributed by atoms with Crippen molar-refractivity contribution in [3.8, 4) is 0 Å². The summed E-state index contributed by atoms with van der Waals surface area (Å²) in [6.07, 6.45) is 4.86. The predicted octanol–water partition coefficient (Wildman–Crippen LogP) is 2.15. The Balaban J connectivity index is 2.15. The highest BCUT2D eigenvalue weighted by Crippen LogP contribution is 2.16. The van der Waals surface area contributed by atoms with Gasteiger partial charge in [0.2, 0.25) is 0 Å². The highest BCUT2D eigenvalue weighted by atomic mass is 31.1. The van der Waals surface area contributed by atoms with Crippen LogP contribution in [-0.4, -0.2) is 12.8 Å². The van der Waals surface area contributed by atoms with Gasteiger partial charge in [-0.15, -0.1) is 4.88 Å². The molecule has 1 aliphatic heterocycles. The molecule has 0 aromatic carbocycles. The SMILES string of the molecule is C1CCO/N=N\PCC1. The summed E-state index contributed by atoms with van der Waals surface area (Å²) in [5, 5.41) is 3.53. The summed E-state index contributed by atoms with van der Waals surface area (Å²) >= 11 is 0. The molecule has 0 aromatic rings. The highest BCUT2D eigenvalue weighted by molar-refractivity contribution is 7.36. The Morgan fingerprint density at radius 3 is 3.22 bits per heavy atom. The molecule has 1 heterocycles. The van der Waals surface area contributed by atoms with Crippen LogP contribution < -0.4 is 0 Å². The minimum absolute atomic E-state index is 0.619. The van der Waals surface area contributed by atoms with Gasteiger partial charge in [0.25, 0.3) is 0 Å². The van der Waals surface area contributed by atoms with Gasteiger partial charge in [-0.1, -0.05) is 0 Å². The molecule has 1 atom stereocenters. The molecule has 0 bridgehead atoms. The Labute approximate surface area is 56.7 Å². The first-order valence-electron chi connectivity index (χ1n) is 3.25. The van der Waals surface area contributed by atoms with Gasteiger partial charge >= 0.3 is 0 Å². The molecule has 0 N–H and O–H groups in total. The van der Waals surface area contributed by atoms with Crippen molar-refractivity contribution in [3.05, 3.63) is 0 Å². The molecule has 1 unspecified atom stereocenters. The molecule has 52 valence electrons. The topological polar surface area (TPSA) is 34.0 Å². The van der Waals surface area contributed by atoms with Crippen molar-refractivity contribution in [1.29, 1.82) is 0 Å². The lowest BCUT2D eigenvalue weighted by atomic mass is 10.3. The van der Waals surface area contributed by atoms with E-state index >= 15 is 0 Å². The minimum atomic E-state index is 0.619. The van der Waals surface area contributed by atoms with E-state index in [0.717, 1.165) is 13.0 Å². The smallest absolute Gasteiger partial charge is 0.119 e. The summed E-state index contributed by atoms with van der Waals surface area (Å²) in [6, 6.07) is 0. The second kappa shape index (κ2) is 4.68. The molecule has 0 fully saturated rings. The van der Waals surface area contributed by atoms with E-state index in [1.54, 1.807) is 0 Å². The van der Waals surface area contributed by atoms with E-state index in [2.05, 4.69) is 10.2 Å². The number of rotatable bonds is 0. The molecule has 0 saturated carbocycles. The third kappa shape index (κ3) is 3.41. The molecule has 0 aromatic heterocycles. The molecule has 0 radical (unpaired) electrons. The van der Waals surface area contributed by atoms with Crippen LogP contribution in [0, 0.1) is 0 Å². The van der Waals surface area contributed by atoms with Crippen molar-refractivity contribution in [2.75, 3.05) is 12.8 Å². The van der Waals surface area contributed by atoms with E-state index in [-0.39, 0.29) is 0 Å². The lowest BCUT2D eigenvalue weighted by Crippen LogP contribution is -1.85. The molecule has 4 heteroatoms. The summed E-state index contributed by atoms with van der Waals surface area (Å²) in [5.74, 6) is 0. The molecule has 0 saturated heterocycles. The van der Waals surface area contributed by atoms with Gasteiger partial charge < -0.3 is 4.84 Å². The van der Waals surface area contributed by atoms with Crippen LogP contribution in [0.4, 0.5) is 0 Å². The van der Waals surface area contributed by atoms with Crippen LogP contribution in [0.2, 0.25) is 0 Å². The zero-order valence-corrected chi connectivity index (χ0v) is 6.34. The molecular weight excluding hydrogens is 135 g/mol. The Morgan fingerprint density at radius 1 is 1.22 bits per heavy atom. The standard InChI is InChI=1S/C5H11N2OP/c1-2-4-8-6-7-9-5-3-1/h9H,1-5H2/b7-6-. The number of hydrogen-bond acceptors (Lipinski definition) is 3. The van der Waals surface area contributed by atoms with Crippen LogP contribution in [0.1, 0.15) is 19.3 Å². The van der Waals surface area contributed by atoms with Gasteiger partial charge in [0.15, 0.2) is 0 Å². The maximum atomic E-state index is 4.82. The fourth-order valence-corrected chi connectivity index (χ4v) is 1.32. The number of nitrogens with zero attached hydrogens (tertiary/aromatic N) is 2. The van der Waals surface area contributed by atoms with Crippen molar-refractivity contribution in [2.24, 2.45) is 10.2 Å². The summed E-state index contributed by atoms with van der Waals surface area (Å²) in [5.41, 5.74) is 0. The van der Waals surface area contributed by atoms with E-state index in [1.165, 1.54) is 19.0 Å². The van der Waals surface area contributed by atoms with Crippen LogP contribution in [0.15, 0.2) is 10.2 Å². The van der Waals surface area contributed by atoms with E-state index in [0.29, 0.717) is 8.73 Å². The van der Waals surface area contributed by atoms with Crippen molar-refractivity contribution in [3.63, 3.8) is 0 Å². The van der Waals surface area contributed by atoms with Crippen LogP contribution in [0.3, 0.4) is 0 Å². The monoisotopic (exact) mass is 146 g/mol. The lowest BCUT2D eigenvalue weighted by molar-refractivity contribution is 0.125. The van der Waals surface area contributed by atoms with Gasteiger partial charge in [-0.05, 0) is 25.4 Å². The van der Waals surface area contributed by atoms with Crippen LogP contribution in [0.5, 0.6) is 0 Å². The predicted molar refractivity (Wildman–Crippen MR) is 37.8 cm³/mol. The Kier molecular flexibility index (Phi) is 3.61. The maximum Gasteiger partial charge on any atom is 0.119 e. The Morgan fingerprint density at radius 2 is 2.22 bits per heavy atom. The first-order chi connectivity index (χ1) is 4.50. The zero-order chi connectivity index (χ0) is 6.36. The Bertz CT molecular complexity index is 87.0. The van der Waals surface area contributed by atoms with E-state index in [9.17, 15) is 0 Å². The first-order valence-corrected chi connectivity index (χ1v) is 4.40. The van der Waals surface area contributed by atoms with Gasteiger partial charge in [-0.2, -0.15) is 0 Å². The Hall–Kier alpha value is -0.170. The van der Waals surface area contributed by atoms with Gasteiger partial charge in [0, 0.05) is 14.0 Å². The normalized spacial score (nSPS) is 27.6. The second-order valence-electron chi connectivity index (χ2n) is 1.98. The van der Waals surface area contributed by atoms with Crippen molar-refractivity contribution >= 4 is 8.73 Å². The van der Waals surface area contributed by atoms with Crippen molar-refractivity contribution < 1.29 is 4.84 Å². The summed E-state index contributed by atoms with van der Waals surface area (Å²) in [6.45, 7) is 0.744. The van der Waals surface area contributed by atoms with Crippen LogP contribution >= 0.6 is 8.73 Å². The summed E-state index contributed by atoms with van der Waals surface area (Å²) in [4.78, 5) is 8.64. The van der Waals surface area contributed by atoms with Gasteiger partial charge in [0.1, 0.15) is 6.61 Å². The molecule has 9 heavy (non-hydrogen) atoms. The van der Waals surface area contributed by atoms with Crippen LogP contribution in [-0.2, 0) is 4.84 Å². The van der Waals surface area contributed by atoms with Gasteiger partial charge in [-0.3, -0.25) is 0 Å². The summed E-state index contributed by atoms with van der Waals surface area (Å²) < 4.78 is 0. The fraction of sp³-hybridized carbons (Fsp3) is 1.00. The molecule has 3 nitrogen and oxygen atoms in total. The molecule has 1 aliphatic rings. The molecule has 0 amide bonds. The zero-order valence-electron chi connectivity index (χ0n) is 5.34. The molecule has 0 aliphatic carbocycles. The third-order valence-corrected chi connectivity index (χ3v) is 1.99. The van der Waals surface area contributed by atoms with E-state index < -0.39 is 0 Å². The summed E-state index contributed by atoms with van der Waals surface area (Å²) in [7, 11) is 0.619. The third-order valence-electron chi connectivity index (χ3n) is 1.19. The largest absolute Gasteiger partial charge is 0.379 e. The molecule has 0 spiro atoms. The van der Waals surface area contributed by atoms with E-state index in [4.69, 9.17) is 4.84 Å². The van der Waals surface area contributed by atoms with Crippen LogP contribution in [0.25, 0.3) is 0 Å². The average molecular weight is 146 g/mol. The fourth-order valence-electron chi connectivity index (χ4n) is 0.696. The van der Waals surface area contributed by atoms with Crippen molar-refractivity contribution in [1.82, 2.24) is 0 Å². The second-order valence-corrected chi connectivity index (χ2v) is 3.00. The maximum absolute atomic E-state index is 4.82.